The van der Waals surface area contributed by atoms with Crippen molar-refractivity contribution in [2.75, 3.05) is 11.1 Å². The molecule has 0 aliphatic carbocycles. The summed E-state index contributed by atoms with van der Waals surface area (Å²) in [5.41, 5.74) is 2.20. The SMILES string of the molecule is Cc1ccc(SCC(=O)Nc2cc(F)ccc2F)cc1C. The predicted molar refractivity (Wildman–Crippen MR) is 81.6 cm³/mol. The van der Waals surface area contributed by atoms with Crippen LogP contribution in [0.1, 0.15) is 11.1 Å². The molecule has 0 saturated carbocycles. The summed E-state index contributed by atoms with van der Waals surface area (Å²) in [7, 11) is 0. The Labute approximate surface area is 126 Å². The van der Waals surface area contributed by atoms with Crippen LogP contribution in [-0.4, -0.2) is 11.7 Å². The van der Waals surface area contributed by atoms with Gasteiger partial charge in [0.05, 0.1) is 11.4 Å². The maximum Gasteiger partial charge on any atom is 0.234 e. The van der Waals surface area contributed by atoms with Crippen molar-refractivity contribution in [3.05, 3.63) is 59.2 Å². The van der Waals surface area contributed by atoms with Crippen LogP contribution in [0.5, 0.6) is 0 Å². The van der Waals surface area contributed by atoms with E-state index in [1.807, 2.05) is 32.0 Å². The molecule has 0 fully saturated rings. The number of hydrogen-bond donors (Lipinski definition) is 1. The number of rotatable bonds is 4. The van der Waals surface area contributed by atoms with Gasteiger partial charge in [-0.15, -0.1) is 11.8 Å². The van der Waals surface area contributed by atoms with Crippen molar-refractivity contribution in [1.82, 2.24) is 0 Å². The number of thioether (sulfide) groups is 1. The number of hydrogen-bond acceptors (Lipinski definition) is 2. The molecule has 0 bridgehead atoms. The molecule has 0 atom stereocenters. The van der Waals surface area contributed by atoms with Crippen LogP contribution in [0.3, 0.4) is 0 Å². The molecule has 2 rings (SSSR count). The molecule has 21 heavy (non-hydrogen) atoms. The number of nitrogens with one attached hydrogen (secondary N) is 1. The molecule has 0 aliphatic rings. The van der Waals surface area contributed by atoms with E-state index in [9.17, 15) is 13.6 Å². The average Bonchev–Trinajstić information content (AvgIpc) is 2.44. The fourth-order valence-electron chi connectivity index (χ4n) is 1.73. The van der Waals surface area contributed by atoms with Crippen LogP contribution in [-0.2, 0) is 4.79 Å². The van der Waals surface area contributed by atoms with Gasteiger partial charge in [0.1, 0.15) is 11.6 Å². The fourth-order valence-corrected chi connectivity index (χ4v) is 2.53. The number of halogens is 2. The Balaban J connectivity index is 1.95. The van der Waals surface area contributed by atoms with Crippen molar-refractivity contribution in [3.63, 3.8) is 0 Å². The standard InChI is InChI=1S/C16H15F2NOS/c1-10-3-5-13(7-11(10)2)21-9-16(20)19-15-8-12(17)4-6-14(15)18/h3-8H,9H2,1-2H3,(H,19,20). The lowest BCUT2D eigenvalue weighted by Gasteiger charge is -2.07. The summed E-state index contributed by atoms with van der Waals surface area (Å²) in [4.78, 5) is 12.7. The van der Waals surface area contributed by atoms with Gasteiger partial charge >= 0.3 is 0 Å². The summed E-state index contributed by atoms with van der Waals surface area (Å²) < 4.78 is 26.4. The molecule has 110 valence electrons. The zero-order valence-corrected chi connectivity index (χ0v) is 12.6. The summed E-state index contributed by atoms with van der Waals surface area (Å²) >= 11 is 1.35. The predicted octanol–water partition coefficient (Wildman–Crippen LogP) is 4.31. The first kappa shape index (κ1) is 15.5. The van der Waals surface area contributed by atoms with Crippen LogP contribution in [0.4, 0.5) is 14.5 Å². The maximum atomic E-state index is 13.4. The van der Waals surface area contributed by atoms with E-state index >= 15 is 0 Å². The summed E-state index contributed by atoms with van der Waals surface area (Å²) in [6, 6.07) is 8.88. The Kier molecular flexibility index (Phi) is 4.96. The van der Waals surface area contributed by atoms with Crippen LogP contribution in [0.25, 0.3) is 0 Å². The minimum atomic E-state index is -0.652. The van der Waals surface area contributed by atoms with Gasteiger partial charge in [-0.3, -0.25) is 4.79 Å². The maximum absolute atomic E-state index is 13.4. The zero-order chi connectivity index (χ0) is 15.4. The van der Waals surface area contributed by atoms with Crippen LogP contribution < -0.4 is 5.32 Å². The lowest BCUT2D eigenvalue weighted by Crippen LogP contribution is -2.15. The quantitative estimate of drug-likeness (QED) is 0.853. The number of carbonyl (C=O) groups excluding carboxylic acids is 1. The molecule has 2 aromatic rings. The van der Waals surface area contributed by atoms with E-state index in [-0.39, 0.29) is 17.3 Å². The first-order valence-corrected chi connectivity index (χ1v) is 7.39. The number of benzene rings is 2. The molecular formula is C16H15F2NOS. The van der Waals surface area contributed by atoms with E-state index < -0.39 is 11.6 Å². The van der Waals surface area contributed by atoms with Gasteiger partial charge < -0.3 is 5.32 Å². The van der Waals surface area contributed by atoms with E-state index in [4.69, 9.17) is 0 Å². The van der Waals surface area contributed by atoms with E-state index in [1.165, 1.54) is 17.3 Å². The van der Waals surface area contributed by atoms with Crippen molar-refractivity contribution in [3.8, 4) is 0 Å². The van der Waals surface area contributed by atoms with Crippen molar-refractivity contribution in [2.24, 2.45) is 0 Å². The lowest BCUT2D eigenvalue weighted by atomic mass is 10.1. The second kappa shape index (κ2) is 6.72. The van der Waals surface area contributed by atoms with Crippen molar-refractivity contribution in [1.29, 1.82) is 0 Å². The number of anilines is 1. The van der Waals surface area contributed by atoms with Gasteiger partial charge in [-0.1, -0.05) is 6.07 Å². The van der Waals surface area contributed by atoms with Gasteiger partial charge in [0.15, 0.2) is 0 Å². The first-order valence-electron chi connectivity index (χ1n) is 6.40. The molecule has 2 aromatic carbocycles. The van der Waals surface area contributed by atoms with Crippen LogP contribution in [0.15, 0.2) is 41.3 Å². The second-order valence-corrected chi connectivity index (χ2v) is 5.76. The Morgan fingerprint density at radius 1 is 1.10 bits per heavy atom. The molecule has 0 heterocycles. The fraction of sp³-hybridized carbons (Fsp3) is 0.188. The number of amides is 1. The largest absolute Gasteiger partial charge is 0.323 e. The van der Waals surface area contributed by atoms with Crippen LogP contribution in [0, 0.1) is 25.5 Å². The van der Waals surface area contributed by atoms with Crippen molar-refractivity contribution < 1.29 is 13.6 Å². The van der Waals surface area contributed by atoms with E-state index in [0.717, 1.165) is 28.7 Å². The Hall–Kier alpha value is -1.88. The topological polar surface area (TPSA) is 29.1 Å². The monoisotopic (exact) mass is 307 g/mol. The third-order valence-electron chi connectivity index (χ3n) is 3.05. The Morgan fingerprint density at radius 2 is 1.86 bits per heavy atom. The van der Waals surface area contributed by atoms with Gasteiger partial charge in [0.25, 0.3) is 0 Å². The molecular weight excluding hydrogens is 292 g/mol. The lowest BCUT2D eigenvalue weighted by molar-refractivity contribution is -0.113. The zero-order valence-electron chi connectivity index (χ0n) is 11.7. The summed E-state index contributed by atoms with van der Waals surface area (Å²) in [5, 5.41) is 2.37. The summed E-state index contributed by atoms with van der Waals surface area (Å²) in [6.45, 7) is 4.02. The van der Waals surface area contributed by atoms with E-state index in [1.54, 1.807) is 0 Å². The molecule has 0 radical (unpaired) electrons. The highest BCUT2D eigenvalue weighted by Crippen LogP contribution is 2.22. The molecule has 0 unspecified atom stereocenters. The van der Waals surface area contributed by atoms with Gasteiger partial charge in [0.2, 0.25) is 5.91 Å². The third-order valence-corrected chi connectivity index (χ3v) is 4.04. The van der Waals surface area contributed by atoms with Gasteiger partial charge in [-0.05, 0) is 49.2 Å². The molecule has 0 saturated heterocycles. The highest BCUT2D eigenvalue weighted by molar-refractivity contribution is 8.00. The Morgan fingerprint density at radius 3 is 2.57 bits per heavy atom. The van der Waals surface area contributed by atoms with Crippen LogP contribution in [0.2, 0.25) is 0 Å². The molecule has 1 N–H and O–H groups in total. The van der Waals surface area contributed by atoms with Gasteiger partial charge in [-0.25, -0.2) is 8.78 Å². The highest BCUT2D eigenvalue weighted by atomic mass is 32.2. The molecule has 1 amide bonds. The molecule has 0 spiro atoms. The third kappa shape index (κ3) is 4.29. The normalized spacial score (nSPS) is 10.5. The summed E-state index contributed by atoms with van der Waals surface area (Å²) in [5.74, 6) is -1.48. The molecule has 0 aliphatic heterocycles. The van der Waals surface area contributed by atoms with Gasteiger partial charge in [0, 0.05) is 11.0 Å². The van der Waals surface area contributed by atoms with Crippen molar-refractivity contribution in [2.45, 2.75) is 18.7 Å². The second-order valence-electron chi connectivity index (χ2n) is 4.71. The van der Waals surface area contributed by atoms with E-state index in [0.29, 0.717) is 0 Å². The van der Waals surface area contributed by atoms with Gasteiger partial charge in [-0.2, -0.15) is 0 Å². The molecule has 0 aromatic heterocycles. The van der Waals surface area contributed by atoms with Crippen molar-refractivity contribution >= 4 is 23.4 Å². The smallest absolute Gasteiger partial charge is 0.234 e. The summed E-state index contributed by atoms with van der Waals surface area (Å²) in [6.07, 6.45) is 0. The first-order chi connectivity index (χ1) is 9.95. The minimum absolute atomic E-state index is 0.137. The van der Waals surface area contributed by atoms with Crippen LogP contribution >= 0.6 is 11.8 Å². The minimum Gasteiger partial charge on any atom is -0.323 e. The highest BCUT2D eigenvalue weighted by Gasteiger charge is 2.09. The number of aryl methyl sites for hydroxylation is 2. The molecule has 5 heteroatoms. The number of carbonyl (C=O) groups is 1. The Bertz CT molecular complexity index is 673. The van der Waals surface area contributed by atoms with E-state index in [2.05, 4.69) is 5.32 Å². The average molecular weight is 307 g/mol. The molecule has 2 nitrogen and oxygen atoms in total.